The first-order valence-corrected chi connectivity index (χ1v) is 10.9. The van der Waals surface area contributed by atoms with Crippen molar-refractivity contribution < 1.29 is 22.7 Å². The van der Waals surface area contributed by atoms with E-state index in [1.54, 1.807) is 12.1 Å². The number of nitrogens with zero attached hydrogens (tertiary/aromatic N) is 3. The molecule has 168 valence electrons. The van der Waals surface area contributed by atoms with Gasteiger partial charge in [-0.25, -0.2) is 0 Å². The molecule has 2 aromatic rings. The predicted octanol–water partition coefficient (Wildman–Crippen LogP) is 4.30. The Balaban J connectivity index is 1.58. The number of rotatable bonds is 7. The normalized spacial score (nSPS) is 17.6. The molecule has 2 aromatic carbocycles. The molecule has 4 rings (SSSR count). The third kappa shape index (κ3) is 4.65. The molecule has 2 heterocycles. The van der Waals surface area contributed by atoms with E-state index in [0.717, 1.165) is 68.8 Å². The molecule has 0 unspecified atom stereocenters. The zero-order valence-corrected chi connectivity index (χ0v) is 17.7. The zero-order valence-electron chi connectivity index (χ0n) is 17.7. The van der Waals surface area contributed by atoms with E-state index in [1.807, 2.05) is 25.1 Å². The summed E-state index contributed by atoms with van der Waals surface area (Å²) in [6.45, 7) is 7.69. The minimum absolute atomic E-state index is 0.347. The van der Waals surface area contributed by atoms with E-state index in [-0.39, 0.29) is 12.5 Å². The summed E-state index contributed by atoms with van der Waals surface area (Å²) in [7, 11) is 0. The van der Waals surface area contributed by atoms with E-state index < -0.39 is 12.6 Å². The molecule has 8 heteroatoms. The summed E-state index contributed by atoms with van der Waals surface area (Å²) in [4.78, 5) is 18.8. The van der Waals surface area contributed by atoms with Gasteiger partial charge in [0.1, 0.15) is 0 Å². The number of amides is 1. The van der Waals surface area contributed by atoms with Crippen LogP contribution in [0.3, 0.4) is 0 Å². The van der Waals surface area contributed by atoms with Crippen molar-refractivity contribution in [2.75, 3.05) is 62.3 Å². The largest absolute Gasteiger partial charge is 0.390 e. The van der Waals surface area contributed by atoms with Crippen LogP contribution in [0.5, 0.6) is 0 Å². The minimum atomic E-state index is -4.30. The number of hydrogen-bond acceptors (Lipinski definition) is 4. The molecular formula is C23H28F3N3O2. The number of carbonyl (C=O) groups is 1. The number of ether oxygens (including phenoxy) is 1. The molecule has 5 nitrogen and oxygen atoms in total. The smallest absolute Gasteiger partial charge is 0.380 e. The minimum Gasteiger partial charge on any atom is -0.380 e. The van der Waals surface area contributed by atoms with Crippen LogP contribution in [-0.4, -0.2) is 69.5 Å². The summed E-state index contributed by atoms with van der Waals surface area (Å²) in [6.07, 6.45) is -4.29. The number of alkyl halides is 3. The molecule has 31 heavy (non-hydrogen) atoms. The maximum Gasteiger partial charge on any atom is 0.390 e. The Bertz CT molecular complexity index is 948. The SMILES string of the molecule is CCOCCN1CCCN(c2ccc3c4c(cccc24)C(=O)N3CCC(F)(F)F)CC1. The van der Waals surface area contributed by atoms with Crippen molar-refractivity contribution in [1.82, 2.24) is 4.90 Å². The van der Waals surface area contributed by atoms with Crippen LogP contribution in [-0.2, 0) is 4.74 Å². The van der Waals surface area contributed by atoms with Crippen LogP contribution in [0.1, 0.15) is 30.1 Å². The highest BCUT2D eigenvalue weighted by atomic mass is 19.4. The van der Waals surface area contributed by atoms with Crippen LogP contribution < -0.4 is 9.80 Å². The Morgan fingerprint density at radius 1 is 1.00 bits per heavy atom. The van der Waals surface area contributed by atoms with Crippen molar-refractivity contribution in [2.24, 2.45) is 0 Å². The lowest BCUT2D eigenvalue weighted by Gasteiger charge is -2.26. The van der Waals surface area contributed by atoms with Crippen LogP contribution in [0, 0.1) is 0 Å². The van der Waals surface area contributed by atoms with Crippen LogP contribution in [0.25, 0.3) is 10.8 Å². The molecule has 0 saturated carbocycles. The quantitative estimate of drug-likeness (QED) is 0.608. The topological polar surface area (TPSA) is 36.0 Å². The number of hydrogen-bond donors (Lipinski definition) is 0. The van der Waals surface area contributed by atoms with Crippen molar-refractivity contribution in [2.45, 2.75) is 25.9 Å². The molecule has 0 N–H and O–H groups in total. The standard InChI is InChI=1S/C23H28F3N3O2/c1-2-31-16-15-27-10-4-11-28(14-13-27)19-7-8-20-21-17(19)5-3-6-18(21)22(30)29(20)12-9-23(24,25)26/h3,5-8H,2,4,9-16H2,1H3. The first kappa shape index (κ1) is 21.9. The Kier molecular flexibility index (Phi) is 6.39. The van der Waals surface area contributed by atoms with Gasteiger partial charge in [-0.05, 0) is 38.1 Å². The van der Waals surface area contributed by atoms with Crippen LogP contribution in [0.4, 0.5) is 24.5 Å². The van der Waals surface area contributed by atoms with E-state index in [9.17, 15) is 18.0 Å². The van der Waals surface area contributed by atoms with E-state index in [1.165, 1.54) is 4.90 Å². The molecule has 0 atom stereocenters. The molecule has 1 amide bonds. The molecule has 0 aromatic heterocycles. The van der Waals surface area contributed by atoms with Gasteiger partial charge < -0.3 is 14.5 Å². The zero-order chi connectivity index (χ0) is 22.0. The second kappa shape index (κ2) is 9.04. The van der Waals surface area contributed by atoms with Gasteiger partial charge in [-0.2, -0.15) is 13.2 Å². The van der Waals surface area contributed by atoms with Crippen LogP contribution in [0.2, 0.25) is 0 Å². The van der Waals surface area contributed by atoms with Crippen molar-refractivity contribution in [3.05, 3.63) is 35.9 Å². The maximum atomic E-state index is 12.8. The number of halogens is 3. The van der Waals surface area contributed by atoms with E-state index in [0.29, 0.717) is 11.3 Å². The summed E-state index contributed by atoms with van der Waals surface area (Å²) in [5, 5.41) is 1.70. The lowest BCUT2D eigenvalue weighted by molar-refractivity contribution is -0.132. The highest BCUT2D eigenvalue weighted by Crippen LogP contribution is 2.42. The van der Waals surface area contributed by atoms with Gasteiger partial charge in [-0.1, -0.05) is 12.1 Å². The van der Waals surface area contributed by atoms with Gasteiger partial charge in [0.2, 0.25) is 0 Å². The first-order valence-electron chi connectivity index (χ1n) is 10.9. The average Bonchev–Trinajstić information content (AvgIpc) is 2.88. The van der Waals surface area contributed by atoms with E-state index in [2.05, 4.69) is 9.80 Å². The molecule has 0 aliphatic carbocycles. The van der Waals surface area contributed by atoms with Gasteiger partial charge in [0.05, 0.1) is 18.7 Å². The average molecular weight is 435 g/mol. The molecule has 0 spiro atoms. The predicted molar refractivity (Wildman–Crippen MR) is 116 cm³/mol. The van der Waals surface area contributed by atoms with E-state index >= 15 is 0 Å². The van der Waals surface area contributed by atoms with Crippen molar-refractivity contribution in [1.29, 1.82) is 0 Å². The second-order valence-electron chi connectivity index (χ2n) is 8.03. The van der Waals surface area contributed by atoms with Crippen molar-refractivity contribution in [3.8, 4) is 0 Å². The third-order valence-corrected chi connectivity index (χ3v) is 6.07. The highest BCUT2D eigenvalue weighted by Gasteiger charge is 2.35. The summed E-state index contributed by atoms with van der Waals surface area (Å²) < 4.78 is 43.8. The molecule has 2 aliphatic heterocycles. The van der Waals surface area contributed by atoms with Gasteiger partial charge in [0.25, 0.3) is 5.91 Å². The fourth-order valence-electron chi connectivity index (χ4n) is 4.54. The van der Waals surface area contributed by atoms with Gasteiger partial charge in [0, 0.05) is 61.4 Å². The molecular weight excluding hydrogens is 407 g/mol. The summed E-state index contributed by atoms with van der Waals surface area (Å²) in [6, 6.07) is 9.26. The molecule has 0 radical (unpaired) electrons. The van der Waals surface area contributed by atoms with Crippen LogP contribution >= 0.6 is 0 Å². The number of benzene rings is 2. The molecule has 1 fully saturated rings. The monoisotopic (exact) mass is 435 g/mol. The van der Waals surface area contributed by atoms with Crippen LogP contribution in [0.15, 0.2) is 30.3 Å². The fourth-order valence-corrected chi connectivity index (χ4v) is 4.54. The molecule has 2 aliphatic rings. The Morgan fingerprint density at radius 2 is 1.81 bits per heavy atom. The lowest BCUT2D eigenvalue weighted by Crippen LogP contribution is -2.33. The highest BCUT2D eigenvalue weighted by molar-refractivity contribution is 6.26. The fraction of sp³-hybridized carbons (Fsp3) is 0.522. The summed E-state index contributed by atoms with van der Waals surface area (Å²) in [5.74, 6) is -0.347. The molecule has 1 saturated heterocycles. The van der Waals surface area contributed by atoms with Gasteiger partial charge >= 0.3 is 6.18 Å². The Hall–Kier alpha value is -2.32. The first-order chi connectivity index (χ1) is 14.9. The van der Waals surface area contributed by atoms with E-state index in [4.69, 9.17) is 4.74 Å². The van der Waals surface area contributed by atoms with Crippen molar-refractivity contribution >= 4 is 28.1 Å². The third-order valence-electron chi connectivity index (χ3n) is 6.07. The maximum absolute atomic E-state index is 12.8. The summed E-state index contributed by atoms with van der Waals surface area (Å²) in [5.41, 5.74) is 2.11. The number of anilines is 2. The lowest BCUT2D eigenvalue weighted by atomic mass is 10.0. The Labute approximate surface area is 180 Å². The van der Waals surface area contributed by atoms with Crippen molar-refractivity contribution in [3.63, 3.8) is 0 Å². The summed E-state index contributed by atoms with van der Waals surface area (Å²) >= 11 is 0. The van der Waals surface area contributed by atoms with Gasteiger partial charge in [-0.3, -0.25) is 9.69 Å². The van der Waals surface area contributed by atoms with Gasteiger partial charge in [0.15, 0.2) is 0 Å². The second-order valence-corrected chi connectivity index (χ2v) is 8.03. The van der Waals surface area contributed by atoms with Gasteiger partial charge in [-0.15, -0.1) is 0 Å². The number of carbonyl (C=O) groups excluding carboxylic acids is 1. The molecule has 0 bridgehead atoms. The Morgan fingerprint density at radius 3 is 2.58 bits per heavy atom.